The zero-order chi connectivity index (χ0) is 11.0. The highest BCUT2D eigenvalue weighted by Crippen LogP contribution is 2.17. The summed E-state index contributed by atoms with van der Waals surface area (Å²) in [6, 6.07) is 0.417. The molecule has 0 aliphatic rings. The van der Waals surface area contributed by atoms with Crippen molar-refractivity contribution in [3.8, 4) is 0 Å². The van der Waals surface area contributed by atoms with Crippen molar-refractivity contribution in [2.75, 3.05) is 13.7 Å². The Bertz CT molecular complexity index is 130. The standard InChI is InChI=1S/C11H26N2O/c1-5-6-10(3)11(13-12)7-9(2)8-14-4/h9-11,13H,5-8,12H2,1-4H3. The number of nitrogens with one attached hydrogen (secondary N) is 1. The van der Waals surface area contributed by atoms with Gasteiger partial charge in [-0.05, 0) is 24.7 Å². The molecule has 0 saturated heterocycles. The second kappa shape index (κ2) is 8.21. The lowest BCUT2D eigenvalue weighted by Gasteiger charge is -2.25. The fourth-order valence-electron chi connectivity index (χ4n) is 1.91. The minimum absolute atomic E-state index is 0.417. The lowest BCUT2D eigenvalue weighted by Crippen LogP contribution is -2.41. The SMILES string of the molecule is CCCC(C)C(CC(C)COC)NN. The maximum absolute atomic E-state index is 5.56. The van der Waals surface area contributed by atoms with Crippen LogP contribution in [-0.4, -0.2) is 19.8 Å². The van der Waals surface area contributed by atoms with E-state index in [0.29, 0.717) is 17.9 Å². The third-order valence-corrected chi connectivity index (χ3v) is 2.75. The van der Waals surface area contributed by atoms with Crippen LogP contribution in [0.25, 0.3) is 0 Å². The third-order valence-electron chi connectivity index (χ3n) is 2.75. The Labute approximate surface area is 88.4 Å². The maximum Gasteiger partial charge on any atom is 0.0488 e. The second-order valence-electron chi connectivity index (χ2n) is 4.34. The first-order chi connectivity index (χ1) is 6.65. The molecule has 0 aromatic heterocycles. The molecular weight excluding hydrogens is 176 g/mol. The van der Waals surface area contributed by atoms with Gasteiger partial charge in [-0.15, -0.1) is 0 Å². The number of rotatable bonds is 8. The summed E-state index contributed by atoms with van der Waals surface area (Å²) < 4.78 is 5.12. The maximum atomic E-state index is 5.56. The number of methoxy groups -OCH3 is 1. The molecule has 3 heteroatoms. The molecule has 3 N–H and O–H groups in total. The lowest BCUT2D eigenvalue weighted by atomic mass is 9.90. The van der Waals surface area contributed by atoms with Gasteiger partial charge in [0.05, 0.1) is 0 Å². The van der Waals surface area contributed by atoms with E-state index in [4.69, 9.17) is 10.6 Å². The van der Waals surface area contributed by atoms with E-state index in [1.807, 2.05) is 0 Å². The predicted molar refractivity (Wildman–Crippen MR) is 60.8 cm³/mol. The van der Waals surface area contributed by atoms with Gasteiger partial charge in [0.15, 0.2) is 0 Å². The average Bonchev–Trinajstić information content (AvgIpc) is 2.15. The van der Waals surface area contributed by atoms with Crippen LogP contribution in [0.15, 0.2) is 0 Å². The minimum atomic E-state index is 0.417. The van der Waals surface area contributed by atoms with E-state index in [0.717, 1.165) is 13.0 Å². The molecule has 0 rings (SSSR count). The predicted octanol–water partition coefficient (Wildman–Crippen LogP) is 1.93. The van der Waals surface area contributed by atoms with Crippen molar-refractivity contribution in [1.29, 1.82) is 0 Å². The number of hydrogen-bond acceptors (Lipinski definition) is 3. The van der Waals surface area contributed by atoms with Gasteiger partial charge in [-0.25, -0.2) is 0 Å². The average molecular weight is 202 g/mol. The summed E-state index contributed by atoms with van der Waals surface area (Å²) in [7, 11) is 1.75. The number of hydrogen-bond donors (Lipinski definition) is 2. The van der Waals surface area contributed by atoms with E-state index >= 15 is 0 Å². The smallest absolute Gasteiger partial charge is 0.0488 e. The Morgan fingerprint density at radius 1 is 1.36 bits per heavy atom. The van der Waals surface area contributed by atoms with Gasteiger partial charge in [-0.3, -0.25) is 11.3 Å². The van der Waals surface area contributed by atoms with E-state index in [1.165, 1.54) is 12.8 Å². The molecule has 0 bridgehead atoms. The molecule has 0 amide bonds. The van der Waals surface area contributed by atoms with E-state index in [2.05, 4.69) is 26.2 Å². The van der Waals surface area contributed by atoms with Crippen LogP contribution in [0.2, 0.25) is 0 Å². The van der Waals surface area contributed by atoms with Crippen molar-refractivity contribution in [3.63, 3.8) is 0 Å². The summed E-state index contributed by atoms with van der Waals surface area (Å²) in [4.78, 5) is 0. The van der Waals surface area contributed by atoms with Crippen molar-refractivity contribution in [2.24, 2.45) is 17.7 Å². The van der Waals surface area contributed by atoms with Crippen molar-refractivity contribution < 1.29 is 4.74 Å². The highest BCUT2D eigenvalue weighted by atomic mass is 16.5. The van der Waals surface area contributed by atoms with Gasteiger partial charge in [0.1, 0.15) is 0 Å². The summed E-state index contributed by atoms with van der Waals surface area (Å²) in [6.45, 7) is 7.49. The van der Waals surface area contributed by atoms with Crippen LogP contribution in [0.1, 0.15) is 40.0 Å². The normalized spacial score (nSPS) is 17.8. The molecule has 3 nitrogen and oxygen atoms in total. The van der Waals surface area contributed by atoms with Gasteiger partial charge in [0.2, 0.25) is 0 Å². The lowest BCUT2D eigenvalue weighted by molar-refractivity contribution is 0.143. The van der Waals surface area contributed by atoms with E-state index < -0.39 is 0 Å². The first kappa shape index (κ1) is 13.9. The van der Waals surface area contributed by atoms with Crippen molar-refractivity contribution >= 4 is 0 Å². The molecule has 0 aromatic carbocycles. The molecule has 0 aromatic rings. The molecule has 0 heterocycles. The Morgan fingerprint density at radius 3 is 2.43 bits per heavy atom. The van der Waals surface area contributed by atoms with Crippen LogP contribution >= 0.6 is 0 Å². The van der Waals surface area contributed by atoms with Gasteiger partial charge in [-0.1, -0.05) is 27.2 Å². The fraction of sp³-hybridized carbons (Fsp3) is 1.00. The van der Waals surface area contributed by atoms with Gasteiger partial charge >= 0.3 is 0 Å². The number of nitrogens with two attached hydrogens (primary N) is 1. The van der Waals surface area contributed by atoms with Gasteiger partial charge in [0.25, 0.3) is 0 Å². The molecule has 0 aliphatic carbocycles. The topological polar surface area (TPSA) is 47.3 Å². The Balaban J connectivity index is 3.87. The Kier molecular flexibility index (Phi) is 8.14. The van der Waals surface area contributed by atoms with Crippen LogP contribution < -0.4 is 11.3 Å². The molecule has 0 saturated carbocycles. The molecule has 0 aliphatic heterocycles. The second-order valence-corrected chi connectivity index (χ2v) is 4.34. The van der Waals surface area contributed by atoms with Gasteiger partial charge in [-0.2, -0.15) is 0 Å². The van der Waals surface area contributed by atoms with Crippen LogP contribution in [-0.2, 0) is 4.74 Å². The first-order valence-corrected chi connectivity index (χ1v) is 5.60. The summed E-state index contributed by atoms with van der Waals surface area (Å²) >= 11 is 0. The van der Waals surface area contributed by atoms with Crippen LogP contribution in [0.3, 0.4) is 0 Å². The molecule has 0 fully saturated rings. The monoisotopic (exact) mass is 202 g/mol. The molecule has 3 unspecified atom stereocenters. The summed E-state index contributed by atoms with van der Waals surface area (Å²) in [6.07, 6.45) is 3.54. The highest BCUT2D eigenvalue weighted by Gasteiger charge is 2.17. The zero-order valence-corrected chi connectivity index (χ0v) is 10.0. The molecule has 3 atom stereocenters. The van der Waals surface area contributed by atoms with Crippen molar-refractivity contribution in [1.82, 2.24) is 5.43 Å². The molecule has 0 radical (unpaired) electrons. The Morgan fingerprint density at radius 2 is 2.00 bits per heavy atom. The van der Waals surface area contributed by atoms with Crippen LogP contribution in [0, 0.1) is 11.8 Å². The highest BCUT2D eigenvalue weighted by molar-refractivity contribution is 4.73. The van der Waals surface area contributed by atoms with Crippen molar-refractivity contribution in [2.45, 2.75) is 46.1 Å². The zero-order valence-electron chi connectivity index (χ0n) is 10.0. The van der Waals surface area contributed by atoms with E-state index in [1.54, 1.807) is 7.11 Å². The molecule has 14 heavy (non-hydrogen) atoms. The van der Waals surface area contributed by atoms with Gasteiger partial charge < -0.3 is 4.74 Å². The van der Waals surface area contributed by atoms with E-state index in [9.17, 15) is 0 Å². The van der Waals surface area contributed by atoms with Crippen LogP contribution in [0.5, 0.6) is 0 Å². The van der Waals surface area contributed by atoms with E-state index in [-0.39, 0.29) is 0 Å². The number of ether oxygens (including phenoxy) is 1. The quantitative estimate of drug-likeness (QED) is 0.467. The third kappa shape index (κ3) is 5.58. The van der Waals surface area contributed by atoms with Gasteiger partial charge in [0, 0.05) is 19.8 Å². The molecule has 0 spiro atoms. The van der Waals surface area contributed by atoms with Crippen molar-refractivity contribution in [3.05, 3.63) is 0 Å². The van der Waals surface area contributed by atoms with Crippen LogP contribution in [0.4, 0.5) is 0 Å². The summed E-state index contributed by atoms with van der Waals surface area (Å²) in [5.74, 6) is 6.77. The Hall–Kier alpha value is -0.120. The summed E-state index contributed by atoms with van der Waals surface area (Å²) in [5.41, 5.74) is 2.92. The summed E-state index contributed by atoms with van der Waals surface area (Å²) in [5, 5.41) is 0. The first-order valence-electron chi connectivity index (χ1n) is 5.60. The number of hydrazine groups is 1. The largest absolute Gasteiger partial charge is 0.384 e. The molecule has 86 valence electrons. The minimum Gasteiger partial charge on any atom is -0.384 e. The fourth-order valence-corrected chi connectivity index (χ4v) is 1.91. The molecular formula is C11H26N2O.